The number of carbonyl (C=O) groups is 1. The van der Waals surface area contributed by atoms with Crippen LogP contribution in [-0.2, 0) is 4.79 Å². The molecular weight excluding hydrogens is 368 g/mol. The van der Waals surface area contributed by atoms with E-state index < -0.39 is 4.92 Å². The van der Waals surface area contributed by atoms with Gasteiger partial charge in [0.1, 0.15) is 0 Å². The molecule has 8 heteroatoms. The van der Waals surface area contributed by atoms with Crippen molar-refractivity contribution in [2.45, 2.75) is 30.9 Å². The number of nitro groups is 1. The number of thioether (sulfide) groups is 1. The lowest BCUT2D eigenvalue weighted by Gasteiger charge is -2.15. The van der Waals surface area contributed by atoms with Gasteiger partial charge in [-0.25, -0.2) is 0 Å². The van der Waals surface area contributed by atoms with Crippen molar-refractivity contribution in [3.63, 3.8) is 0 Å². The number of hydrogen-bond donors (Lipinski definition) is 1. The molecule has 2 aromatic rings. The van der Waals surface area contributed by atoms with Crippen LogP contribution in [0.4, 0.5) is 11.4 Å². The van der Waals surface area contributed by atoms with Crippen LogP contribution in [0.2, 0.25) is 0 Å². The maximum Gasteiger partial charge on any atom is 0.269 e. The van der Waals surface area contributed by atoms with Gasteiger partial charge in [0.25, 0.3) is 5.69 Å². The molecule has 0 fully saturated rings. The van der Waals surface area contributed by atoms with Crippen LogP contribution in [0.1, 0.15) is 20.8 Å². The molecule has 1 amide bonds. The fraction of sp³-hybridized carbons (Fsp3) is 0.316. The van der Waals surface area contributed by atoms with Gasteiger partial charge in [-0.3, -0.25) is 14.9 Å². The number of ether oxygens (including phenoxy) is 2. The number of amides is 1. The number of non-ortho nitro benzene ring substituents is 1. The Morgan fingerprint density at radius 1 is 1.11 bits per heavy atom. The zero-order valence-electron chi connectivity index (χ0n) is 15.4. The van der Waals surface area contributed by atoms with Crippen LogP contribution in [0.5, 0.6) is 11.5 Å². The second-order valence-electron chi connectivity index (χ2n) is 5.53. The summed E-state index contributed by atoms with van der Waals surface area (Å²) in [5.74, 6) is 1.03. The largest absolute Gasteiger partial charge is 0.490 e. The van der Waals surface area contributed by atoms with Crippen LogP contribution in [-0.4, -0.2) is 29.3 Å². The van der Waals surface area contributed by atoms with Crippen molar-refractivity contribution in [3.8, 4) is 11.5 Å². The summed E-state index contributed by atoms with van der Waals surface area (Å²) in [4.78, 5) is 23.5. The number of nitrogens with one attached hydrogen (secondary N) is 1. The first kappa shape index (κ1) is 20.6. The first-order valence-electron chi connectivity index (χ1n) is 8.56. The van der Waals surface area contributed by atoms with E-state index >= 15 is 0 Å². The quantitative estimate of drug-likeness (QED) is 0.385. The van der Waals surface area contributed by atoms with Crippen molar-refractivity contribution in [1.29, 1.82) is 0 Å². The first-order valence-corrected chi connectivity index (χ1v) is 9.44. The third-order valence-corrected chi connectivity index (χ3v) is 4.65. The Kier molecular flexibility index (Phi) is 7.48. The van der Waals surface area contributed by atoms with Crippen molar-refractivity contribution in [2.24, 2.45) is 0 Å². The minimum Gasteiger partial charge on any atom is -0.490 e. The van der Waals surface area contributed by atoms with Crippen molar-refractivity contribution >= 4 is 29.0 Å². The van der Waals surface area contributed by atoms with E-state index in [1.165, 1.54) is 23.9 Å². The molecule has 0 spiro atoms. The van der Waals surface area contributed by atoms with Crippen molar-refractivity contribution in [1.82, 2.24) is 0 Å². The average molecular weight is 390 g/mol. The van der Waals surface area contributed by atoms with Gasteiger partial charge in [-0.2, -0.15) is 0 Å². The summed E-state index contributed by atoms with van der Waals surface area (Å²) in [6, 6.07) is 11.4. The number of rotatable bonds is 9. The van der Waals surface area contributed by atoms with E-state index in [0.29, 0.717) is 30.4 Å². The molecule has 7 nitrogen and oxygen atoms in total. The van der Waals surface area contributed by atoms with E-state index in [1.807, 2.05) is 13.8 Å². The van der Waals surface area contributed by atoms with Crippen molar-refractivity contribution in [3.05, 3.63) is 52.6 Å². The second-order valence-corrected chi connectivity index (χ2v) is 6.94. The van der Waals surface area contributed by atoms with Gasteiger partial charge >= 0.3 is 0 Å². The Bertz CT molecular complexity index is 795. The first-order chi connectivity index (χ1) is 12.9. The predicted octanol–water partition coefficient (Wildman–Crippen LogP) is 4.51. The average Bonchev–Trinajstić information content (AvgIpc) is 2.64. The van der Waals surface area contributed by atoms with E-state index in [9.17, 15) is 14.9 Å². The number of nitro benzene ring substituents is 1. The van der Waals surface area contributed by atoms with Gasteiger partial charge < -0.3 is 14.8 Å². The lowest BCUT2D eigenvalue weighted by Crippen LogP contribution is -2.22. The van der Waals surface area contributed by atoms with Gasteiger partial charge in [-0.15, -0.1) is 11.8 Å². The highest BCUT2D eigenvalue weighted by molar-refractivity contribution is 8.00. The monoisotopic (exact) mass is 390 g/mol. The summed E-state index contributed by atoms with van der Waals surface area (Å²) in [7, 11) is 0. The smallest absolute Gasteiger partial charge is 0.269 e. The lowest BCUT2D eigenvalue weighted by atomic mass is 10.2. The molecule has 27 heavy (non-hydrogen) atoms. The maximum absolute atomic E-state index is 12.5. The van der Waals surface area contributed by atoms with Gasteiger partial charge in [-0.05, 0) is 45.0 Å². The van der Waals surface area contributed by atoms with E-state index in [2.05, 4.69) is 5.32 Å². The summed E-state index contributed by atoms with van der Waals surface area (Å²) < 4.78 is 11.1. The molecule has 0 aliphatic rings. The van der Waals surface area contributed by atoms with Crippen LogP contribution in [0, 0.1) is 10.1 Å². The van der Waals surface area contributed by atoms with Crippen LogP contribution >= 0.6 is 11.8 Å². The summed E-state index contributed by atoms with van der Waals surface area (Å²) in [5.41, 5.74) is 0.636. The molecule has 2 aromatic carbocycles. The zero-order chi connectivity index (χ0) is 19.8. The highest BCUT2D eigenvalue weighted by Gasteiger charge is 2.16. The number of nitrogens with zero attached hydrogens (tertiary/aromatic N) is 1. The van der Waals surface area contributed by atoms with Crippen LogP contribution in [0.3, 0.4) is 0 Å². The Balaban J connectivity index is 2.02. The molecular formula is C19H22N2O5S. The summed E-state index contributed by atoms with van der Waals surface area (Å²) >= 11 is 1.33. The summed E-state index contributed by atoms with van der Waals surface area (Å²) in [6.45, 7) is 6.56. The van der Waals surface area contributed by atoms with Crippen molar-refractivity contribution in [2.75, 3.05) is 18.5 Å². The topological polar surface area (TPSA) is 90.7 Å². The van der Waals surface area contributed by atoms with E-state index in [4.69, 9.17) is 9.47 Å². The van der Waals surface area contributed by atoms with Gasteiger partial charge in [0.15, 0.2) is 11.5 Å². The Morgan fingerprint density at radius 2 is 1.74 bits per heavy atom. The van der Waals surface area contributed by atoms with Crippen LogP contribution < -0.4 is 14.8 Å². The van der Waals surface area contributed by atoms with Gasteiger partial charge in [-0.1, -0.05) is 0 Å². The lowest BCUT2D eigenvalue weighted by molar-refractivity contribution is -0.384. The standard InChI is InChI=1S/C19H22N2O5S/c1-4-25-17-11-6-14(12-18(17)26-5-2)20-19(22)13(3)27-16-9-7-15(8-10-16)21(23)24/h6-13H,4-5H2,1-3H3,(H,20,22). The molecule has 1 unspecified atom stereocenters. The number of hydrogen-bond acceptors (Lipinski definition) is 6. The number of benzene rings is 2. The van der Waals surface area contributed by atoms with E-state index in [0.717, 1.165) is 4.90 Å². The third-order valence-electron chi connectivity index (χ3n) is 3.54. The molecule has 0 aliphatic heterocycles. The van der Waals surface area contributed by atoms with E-state index in [1.54, 1.807) is 37.3 Å². The third kappa shape index (κ3) is 5.89. The minimum atomic E-state index is -0.452. The molecule has 0 aromatic heterocycles. The molecule has 2 rings (SSSR count). The van der Waals surface area contributed by atoms with Gasteiger partial charge in [0.2, 0.25) is 5.91 Å². The minimum absolute atomic E-state index is 0.0225. The summed E-state index contributed by atoms with van der Waals surface area (Å²) in [5, 5.41) is 13.2. The van der Waals surface area contributed by atoms with Gasteiger partial charge in [0.05, 0.1) is 23.4 Å². The highest BCUT2D eigenvalue weighted by atomic mass is 32.2. The molecule has 0 heterocycles. The SMILES string of the molecule is CCOc1ccc(NC(=O)C(C)Sc2ccc([N+](=O)[O-])cc2)cc1OCC. The molecule has 1 N–H and O–H groups in total. The Hall–Kier alpha value is -2.74. The fourth-order valence-electron chi connectivity index (χ4n) is 2.28. The van der Waals surface area contributed by atoms with Gasteiger partial charge in [0, 0.05) is 28.8 Å². The van der Waals surface area contributed by atoms with E-state index in [-0.39, 0.29) is 16.8 Å². The number of carbonyl (C=O) groups excluding carboxylic acids is 1. The van der Waals surface area contributed by atoms with Crippen LogP contribution in [0.25, 0.3) is 0 Å². The maximum atomic E-state index is 12.5. The molecule has 0 bridgehead atoms. The normalized spacial score (nSPS) is 11.5. The second kappa shape index (κ2) is 9.82. The highest BCUT2D eigenvalue weighted by Crippen LogP contribution is 2.31. The molecule has 0 aliphatic carbocycles. The number of anilines is 1. The van der Waals surface area contributed by atoms with Crippen molar-refractivity contribution < 1.29 is 19.2 Å². The van der Waals surface area contributed by atoms with Crippen LogP contribution in [0.15, 0.2) is 47.4 Å². The molecule has 1 atom stereocenters. The predicted molar refractivity (Wildman–Crippen MR) is 106 cm³/mol. The Morgan fingerprint density at radius 3 is 2.33 bits per heavy atom. The Labute approximate surface area is 162 Å². The molecule has 0 radical (unpaired) electrons. The summed E-state index contributed by atoms with van der Waals surface area (Å²) in [6.07, 6.45) is 0. The molecule has 0 saturated heterocycles. The zero-order valence-corrected chi connectivity index (χ0v) is 16.2. The fourth-order valence-corrected chi connectivity index (χ4v) is 3.14. The molecule has 144 valence electrons. The molecule has 0 saturated carbocycles.